The van der Waals surface area contributed by atoms with Crippen molar-refractivity contribution < 1.29 is 9.90 Å². The first kappa shape index (κ1) is 16.2. The molecule has 3 aromatic rings. The molecule has 7 heteroatoms. The van der Waals surface area contributed by atoms with E-state index in [1.54, 1.807) is 24.4 Å². The number of aryl methyl sites for hydroxylation is 1. The molecule has 0 fully saturated rings. The maximum absolute atomic E-state index is 12.7. The van der Waals surface area contributed by atoms with Crippen LogP contribution in [0.1, 0.15) is 22.8 Å². The topological polar surface area (TPSA) is 92.3 Å². The molecule has 25 heavy (non-hydrogen) atoms. The van der Waals surface area contributed by atoms with E-state index in [4.69, 9.17) is 11.7 Å². The number of carbonyl (C=O) groups is 1. The van der Waals surface area contributed by atoms with E-state index in [0.717, 1.165) is 11.1 Å². The van der Waals surface area contributed by atoms with Gasteiger partial charge in [-0.15, -0.1) is 0 Å². The Bertz CT molecular complexity index is 1040. The van der Waals surface area contributed by atoms with E-state index in [1.807, 2.05) is 6.92 Å². The van der Waals surface area contributed by atoms with Crippen LogP contribution in [0.2, 0.25) is 0 Å². The quantitative estimate of drug-likeness (QED) is 0.717. The van der Waals surface area contributed by atoms with Crippen molar-refractivity contribution in [3.05, 3.63) is 75.6 Å². The molecule has 0 aliphatic carbocycles. The number of rotatable bonds is 4. The Kier molecular flexibility index (Phi) is 4.18. The van der Waals surface area contributed by atoms with Gasteiger partial charge in [-0.3, -0.25) is 9.89 Å². The average molecular weight is 334 g/mol. The molecule has 0 spiro atoms. The predicted molar refractivity (Wildman–Crippen MR) is 92.2 cm³/mol. The zero-order valence-electron chi connectivity index (χ0n) is 13.4. The number of aromatic amines is 1. The van der Waals surface area contributed by atoms with Gasteiger partial charge >= 0.3 is 5.97 Å². The second-order valence-electron chi connectivity index (χ2n) is 5.34. The largest absolute Gasteiger partial charge is 0.478 e. The first-order chi connectivity index (χ1) is 12.0. The summed E-state index contributed by atoms with van der Waals surface area (Å²) in [6.07, 6.45) is 3.47. The number of aromatic carboxylic acids is 1. The molecule has 0 radical (unpaired) electrons. The standard InChI is InChI=1S/C18H14N4O3/c1-3-11-8-13(19-2)5-6-14(11)15-10-21-22(17(15)23)16-7-4-12(9-20-16)18(24)25/h4-10,21H,3H2,1H3,(H,24,25). The second-order valence-corrected chi connectivity index (χ2v) is 5.34. The number of nitrogens with one attached hydrogen (secondary N) is 1. The summed E-state index contributed by atoms with van der Waals surface area (Å²) in [5, 5.41) is 11.8. The van der Waals surface area contributed by atoms with Crippen molar-refractivity contribution in [1.82, 2.24) is 14.8 Å². The SMILES string of the molecule is [C-]#[N+]c1ccc(-c2c[nH]n(-c3ccc(C(=O)O)cn3)c2=O)c(CC)c1. The second kappa shape index (κ2) is 6.45. The molecular formula is C18H14N4O3. The molecule has 1 aromatic carbocycles. The summed E-state index contributed by atoms with van der Waals surface area (Å²) in [7, 11) is 0. The monoisotopic (exact) mass is 334 g/mol. The Hall–Kier alpha value is -3.66. The lowest BCUT2D eigenvalue weighted by Gasteiger charge is -2.05. The van der Waals surface area contributed by atoms with Crippen LogP contribution in [0.5, 0.6) is 0 Å². The normalized spacial score (nSPS) is 10.4. The van der Waals surface area contributed by atoms with E-state index in [-0.39, 0.29) is 11.1 Å². The van der Waals surface area contributed by atoms with Gasteiger partial charge in [-0.2, -0.15) is 0 Å². The maximum atomic E-state index is 12.7. The molecule has 2 aromatic heterocycles. The summed E-state index contributed by atoms with van der Waals surface area (Å²) in [5.74, 6) is -0.775. The highest BCUT2D eigenvalue weighted by atomic mass is 16.4. The van der Waals surface area contributed by atoms with Crippen LogP contribution in [0.25, 0.3) is 21.8 Å². The first-order valence-corrected chi connectivity index (χ1v) is 7.56. The van der Waals surface area contributed by atoms with E-state index >= 15 is 0 Å². The number of hydrogen-bond acceptors (Lipinski definition) is 3. The molecule has 2 N–H and O–H groups in total. The van der Waals surface area contributed by atoms with Crippen LogP contribution in [0, 0.1) is 6.57 Å². The molecule has 0 aliphatic rings. The van der Waals surface area contributed by atoms with Gasteiger partial charge < -0.3 is 5.11 Å². The highest BCUT2D eigenvalue weighted by Crippen LogP contribution is 2.26. The molecule has 0 amide bonds. The summed E-state index contributed by atoms with van der Waals surface area (Å²) >= 11 is 0. The van der Waals surface area contributed by atoms with Crippen molar-refractivity contribution >= 4 is 11.7 Å². The third-order valence-electron chi connectivity index (χ3n) is 3.88. The minimum atomic E-state index is -1.08. The summed E-state index contributed by atoms with van der Waals surface area (Å²) in [6.45, 7) is 9.06. The molecule has 0 bridgehead atoms. The minimum absolute atomic E-state index is 0.0478. The lowest BCUT2D eigenvalue weighted by atomic mass is 10.00. The number of carboxylic acids is 1. The van der Waals surface area contributed by atoms with Crippen molar-refractivity contribution in [2.45, 2.75) is 13.3 Å². The number of pyridine rings is 1. The smallest absolute Gasteiger partial charge is 0.337 e. The van der Waals surface area contributed by atoms with E-state index in [1.165, 1.54) is 23.0 Å². The van der Waals surface area contributed by atoms with Crippen LogP contribution in [-0.2, 0) is 6.42 Å². The van der Waals surface area contributed by atoms with Gasteiger partial charge in [-0.25, -0.2) is 19.3 Å². The highest BCUT2D eigenvalue weighted by molar-refractivity contribution is 5.87. The third-order valence-corrected chi connectivity index (χ3v) is 3.88. The Morgan fingerprint density at radius 2 is 2.12 bits per heavy atom. The summed E-state index contributed by atoms with van der Waals surface area (Å²) in [4.78, 5) is 31.0. The molecule has 7 nitrogen and oxygen atoms in total. The maximum Gasteiger partial charge on any atom is 0.337 e. The fraction of sp³-hybridized carbons (Fsp3) is 0.111. The number of benzene rings is 1. The van der Waals surface area contributed by atoms with Crippen LogP contribution in [0.15, 0.2) is 47.5 Å². The average Bonchev–Trinajstić information content (AvgIpc) is 3.02. The predicted octanol–water partition coefficient (Wildman–Crippen LogP) is 3.04. The van der Waals surface area contributed by atoms with Crippen molar-refractivity contribution in [3.8, 4) is 16.9 Å². The number of H-pyrrole nitrogens is 1. The molecule has 0 unspecified atom stereocenters. The van der Waals surface area contributed by atoms with Gasteiger partial charge in [0.25, 0.3) is 5.56 Å². The van der Waals surface area contributed by atoms with Gasteiger partial charge in [-0.1, -0.05) is 30.7 Å². The van der Waals surface area contributed by atoms with Gasteiger partial charge in [0.1, 0.15) is 0 Å². The van der Waals surface area contributed by atoms with Crippen LogP contribution in [-0.4, -0.2) is 25.8 Å². The molecule has 124 valence electrons. The van der Waals surface area contributed by atoms with E-state index in [9.17, 15) is 9.59 Å². The van der Waals surface area contributed by atoms with Crippen LogP contribution in [0.4, 0.5) is 5.69 Å². The van der Waals surface area contributed by atoms with Gasteiger partial charge in [0, 0.05) is 12.4 Å². The number of hydrogen-bond donors (Lipinski definition) is 2. The van der Waals surface area contributed by atoms with Crippen LogP contribution in [0.3, 0.4) is 0 Å². The highest BCUT2D eigenvalue weighted by Gasteiger charge is 2.14. The zero-order valence-corrected chi connectivity index (χ0v) is 13.4. The van der Waals surface area contributed by atoms with E-state index < -0.39 is 5.97 Å². The van der Waals surface area contributed by atoms with Gasteiger partial charge in [0.05, 0.1) is 17.7 Å². The fourth-order valence-electron chi connectivity index (χ4n) is 2.58. The lowest BCUT2D eigenvalue weighted by Crippen LogP contribution is -2.17. The molecule has 0 aliphatic heterocycles. The Labute approximate surface area is 143 Å². The molecule has 3 rings (SSSR count). The molecular weight excluding hydrogens is 320 g/mol. The minimum Gasteiger partial charge on any atom is -0.478 e. The fourth-order valence-corrected chi connectivity index (χ4v) is 2.58. The van der Waals surface area contributed by atoms with Crippen molar-refractivity contribution in [3.63, 3.8) is 0 Å². The Balaban J connectivity index is 2.06. The van der Waals surface area contributed by atoms with Crippen molar-refractivity contribution in [1.29, 1.82) is 0 Å². The summed E-state index contributed by atoms with van der Waals surface area (Å²) in [5.41, 5.74) is 2.43. The molecule has 0 atom stereocenters. The third kappa shape index (κ3) is 2.93. The van der Waals surface area contributed by atoms with Gasteiger partial charge in [-0.05, 0) is 24.1 Å². The zero-order chi connectivity index (χ0) is 18.0. The number of aromatic nitrogens is 3. The molecule has 0 saturated carbocycles. The van der Waals surface area contributed by atoms with E-state index in [0.29, 0.717) is 23.5 Å². The van der Waals surface area contributed by atoms with E-state index in [2.05, 4.69) is 14.9 Å². The lowest BCUT2D eigenvalue weighted by molar-refractivity contribution is 0.0696. The van der Waals surface area contributed by atoms with Crippen LogP contribution < -0.4 is 5.56 Å². The Morgan fingerprint density at radius 1 is 1.32 bits per heavy atom. The van der Waals surface area contributed by atoms with Gasteiger partial charge in [0.15, 0.2) is 11.5 Å². The number of nitrogens with zero attached hydrogens (tertiary/aromatic N) is 3. The first-order valence-electron chi connectivity index (χ1n) is 7.56. The van der Waals surface area contributed by atoms with Crippen LogP contribution >= 0.6 is 0 Å². The number of carboxylic acid groups (broad SMARTS) is 1. The van der Waals surface area contributed by atoms with Crippen molar-refractivity contribution in [2.75, 3.05) is 0 Å². The molecule has 2 heterocycles. The summed E-state index contributed by atoms with van der Waals surface area (Å²) < 4.78 is 1.25. The Morgan fingerprint density at radius 3 is 2.72 bits per heavy atom. The summed E-state index contributed by atoms with van der Waals surface area (Å²) in [6, 6.07) is 8.08. The van der Waals surface area contributed by atoms with Gasteiger partial charge in [0.2, 0.25) is 0 Å². The molecule has 0 saturated heterocycles. The van der Waals surface area contributed by atoms with Crippen molar-refractivity contribution in [2.24, 2.45) is 0 Å².